The Kier molecular flexibility index (Phi) is 4.40. The van der Waals surface area contributed by atoms with Gasteiger partial charge in [-0.05, 0) is 98.7 Å². The molecule has 3 saturated carbocycles. The maximum Gasteiger partial charge on any atom is 0.309 e. The molecule has 5 aliphatic carbocycles. The number of carbonyl (C=O) groups excluding carboxylic acids is 1. The highest BCUT2D eigenvalue weighted by atomic mass is 16.4. The predicted molar refractivity (Wildman–Crippen MR) is 124 cm³/mol. The number of carboxylic acid groups (broad SMARTS) is 1. The number of hydrogen-bond donors (Lipinski definition) is 2. The predicted octanol–water partition coefficient (Wildman–Crippen LogP) is 6.31. The van der Waals surface area contributed by atoms with Crippen LogP contribution in [0.5, 0.6) is 0 Å². The Bertz CT molecular complexity index is 1060. The van der Waals surface area contributed by atoms with Gasteiger partial charge in [0.25, 0.3) is 0 Å². The Morgan fingerprint density at radius 3 is 2.44 bits per heavy atom. The first-order chi connectivity index (χ1) is 14.9. The average Bonchev–Trinajstić information content (AvgIpc) is 2.74. The van der Waals surface area contributed by atoms with Crippen LogP contribution in [-0.2, 0) is 9.59 Å². The molecule has 0 aromatic heterocycles. The fourth-order valence-corrected chi connectivity index (χ4v) is 8.24. The van der Waals surface area contributed by atoms with Crippen LogP contribution in [-0.4, -0.2) is 22.0 Å². The third kappa shape index (κ3) is 2.61. The van der Waals surface area contributed by atoms with Crippen LogP contribution < -0.4 is 0 Å². The quantitative estimate of drug-likeness (QED) is 0.505. The minimum Gasteiger partial charge on any atom is -0.504 e. The van der Waals surface area contributed by atoms with Crippen molar-refractivity contribution in [3.63, 3.8) is 0 Å². The highest BCUT2D eigenvalue weighted by molar-refractivity contribution is 6.06. The molecule has 0 spiro atoms. The Balaban J connectivity index is 1.59. The summed E-state index contributed by atoms with van der Waals surface area (Å²) in [5, 5.41) is 20.2. The van der Waals surface area contributed by atoms with Gasteiger partial charge in [-0.15, -0.1) is 0 Å². The van der Waals surface area contributed by atoms with Crippen molar-refractivity contribution in [1.82, 2.24) is 0 Å². The first kappa shape index (κ1) is 21.7. The second-order valence-electron chi connectivity index (χ2n) is 12.3. The summed E-state index contributed by atoms with van der Waals surface area (Å²) in [5.74, 6) is -0.296. The van der Waals surface area contributed by atoms with Crippen molar-refractivity contribution < 1.29 is 19.8 Å². The molecule has 0 aromatic rings. The van der Waals surface area contributed by atoms with Gasteiger partial charge in [0, 0.05) is 11.0 Å². The molecule has 172 valence electrons. The van der Waals surface area contributed by atoms with Gasteiger partial charge in [-0.25, -0.2) is 0 Å². The summed E-state index contributed by atoms with van der Waals surface area (Å²) < 4.78 is 0. The maximum atomic E-state index is 12.5. The zero-order valence-electron chi connectivity index (χ0n) is 20.0. The van der Waals surface area contributed by atoms with E-state index < -0.39 is 11.4 Å². The largest absolute Gasteiger partial charge is 0.504 e. The number of hydrogen-bond acceptors (Lipinski definition) is 3. The minimum atomic E-state index is -0.650. The first-order valence-electron chi connectivity index (χ1n) is 12.2. The van der Waals surface area contributed by atoms with Gasteiger partial charge in [-0.2, -0.15) is 0 Å². The van der Waals surface area contributed by atoms with Crippen molar-refractivity contribution in [3.8, 4) is 0 Å². The summed E-state index contributed by atoms with van der Waals surface area (Å²) in [6.07, 6.45) is 12.8. The molecular weight excluding hydrogens is 400 g/mol. The molecule has 0 bridgehead atoms. The van der Waals surface area contributed by atoms with E-state index in [4.69, 9.17) is 0 Å². The van der Waals surface area contributed by atoms with E-state index in [9.17, 15) is 19.8 Å². The van der Waals surface area contributed by atoms with Gasteiger partial charge < -0.3 is 10.2 Å². The SMILES string of the molecule is CC1=C(O)C(=O)C=C2C1=CC=C1[C@H]3CC[C@@]4(C)CC[C@@](C)(C(=O)O)C[C@H]4[C@]3(C)CC[C@@]21C. The molecule has 0 aromatic carbocycles. The summed E-state index contributed by atoms with van der Waals surface area (Å²) in [6, 6.07) is 0. The van der Waals surface area contributed by atoms with Crippen LogP contribution in [0.2, 0.25) is 0 Å². The molecule has 5 rings (SSSR count). The molecule has 0 amide bonds. The number of aliphatic hydroxyl groups is 1. The van der Waals surface area contributed by atoms with E-state index in [0.29, 0.717) is 17.4 Å². The van der Waals surface area contributed by atoms with Gasteiger partial charge in [0.1, 0.15) is 0 Å². The van der Waals surface area contributed by atoms with Crippen LogP contribution in [0.1, 0.15) is 79.6 Å². The lowest BCUT2D eigenvalue weighted by Crippen LogP contribution is -2.57. The average molecular weight is 437 g/mol. The van der Waals surface area contributed by atoms with Crippen molar-refractivity contribution in [2.75, 3.05) is 0 Å². The Morgan fingerprint density at radius 1 is 1.03 bits per heavy atom. The highest BCUT2D eigenvalue weighted by Crippen LogP contribution is 2.71. The van der Waals surface area contributed by atoms with Crippen LogP contribution in [0.4, 0.5) is 0 Å². The minimum absolute atomic E-state index is 0.0626. The van der Waals surface area contributed by atoms with Crippen molar-refractivity contribution >= 4 is 11.8 Å². The lowest BCUT2D eigenvalue weighted by molar-refractivity contribution is -0.165. The number of carbonyl (C=O) groups is 2. The topological polar surface area (TPSA) is 74.6 Å². The van der Waals surface area contributed by atoms with Crippen LogP contribution in [0.25, 0.3) is 0 Å². The van der Waals surface area contributed by atoms with E-state index in [-0.39, 0.29) is 27.8 Å². The van der Waals surface area contributed by atoms with E-state index in [2.05, 4.69) is 32.9 Å². The molecule has 5 aliphatic rings. The van der Waals surface area contributed by atoms with E-state index >= 15 is 0 Å². The summed E-state index contributed by atoms with van der Waals surface area (Å²) in [5.41, 5.74) is 3.57. The molecule has 6 atom stereocenters. The monoisotopic (exact) mass is 436 g/mol. The van der Waals surface area contributed by atoms with Gasteiger partial charge in [0.15, 0.2) is 5.76 Å². The van der Waals surface area contributed by atoms with Crippen LogP contribution in [0, 0.1) is 33.5 Å². The number of carboxylic acids is 1. The highest BCUT2D eigenvalue weighted by Gasteiger charge is 2.62. The molecule has 0 aliphatic heterocycles. The summed E-state index contributed by atoms with van der Waals surface area (Å²) in [6.45, 7) is 10.9. The standard InChI is InChI=1S/C28H36O4/c1-16-17-6-7-18-19-8-9-25(2)10-11-26(3,24(31)32)15-22(25)28(19,5)13-12-27(18,4)20(17)14-21(29)23(16)30/h6-7,14,19,22,30H,8-13,15H2,1-5H3,(H,31,32)/t19-,22-,25+,26-,27-,28-/m1/s1. The molecule has 0 radical (unpaired) electrons. The smallest absolute Gasteiger partial charge is 0.309 e. The van der Waals surface area contributed by atoms with Crippen LogP contribution in [0.3, 0.4) is 0 Å². The molecule has 4 heteroatoms. The lowest BCUT2D eigenvalue weighted by Gasteiger charge is -2.65. The molecule has 0 heterocycles. The van der Waals surface area contributed by atoms with E-state index in [1.165, 1.54) is 5.57 Å². The molecule has 4 nitrogen and oxygen atoms in total. The first-order valence-corrected chi connectivity index (χ1v) is 12.2. The summed E-state index contributed by atoms with van der Waals surface area (Å²) in [7, 11) is 0. The zero-order chi connectivity index (χ0) is 23.3. The third-order valence-corrected chi connectivity index (χ3v) is 10.6. The van der Waals surface area contributed by atoms with E-state index in [1.54, 1.807) is 6.08 Å². The normalized spacial score (nSPS) is 45.5. The number of rotatable bonds is 1. The van der Waals surface area contributed by atoms with Gasteiger partial charge >= 0.3 is 5.97 Å². The summed E-state index contributed by atoms with van der Waals surface area (Å²) >= 11 is 0. The van der Waals surface area contributed by atoms with Gasteiger partial charge in [0.2, 0.25) is 5.78 Å². The number of aliphatic carboxylic acids is 1. The number of ketones is 1. The van der Waals surface area contributed by atoms with Crippen LogP contribution >= 0.6 is 0 Å². The van der Waals surface area contributed by atoms with Gasteiger partial charge in [-0.1, -0.05) is 38.5 Å². The van der Waals surface area contributed by atoms with E-state index in [0.717, 1.165) is 56.1 Å². The maximum absolute atomic E-state index is 12.5. The Morgan fingerprint density at radius 2 is 1.75 bits per heavy atom. The second kappa shape index (κ2) is 6.48. The molecular formula is C28H36O4. The van der Waals surface area contributed by atoms with Crippen molar-refractivity contribution in [3.05, 3.63) is 46.3 Å². The Labute approximate surface area is 191 Å². The summed E-state index contributed by atoms with van der Waals surface area (Å²) in [4.78, 5) is 24.7. The van der Waals surface area contributed by atoms with Crippen LogP contribution in [0.15, 0.2) is 46.3 Å². The molecule has 2 N–H and O–H groups in total. The van der Waals surface area contributed by atoms with Gasteiger partial charge in [-0.3, -0.25) is 9.59 Å². The van der Waals surface area contributed by atoms with Gasteiger partial charge in [0.05, 0.1) is 5.41 Å². The van der Waals surface area contributed by atoms with Crippen molar-refractivity contribution in [2.45, 2.75) is 79.6 Å². The molecule has 0 saturated heterocycles. The number of aliphatic hydroxyl groups excluding tert-OH is 1. The molecule has 0 unspecified atom stereocenters. The zero-order valence-corrected chi connectivity index (χ0v) is 20.0. The van der Waals surface area contributed by atoms with Crippen molar-refractivity contribution in [2.24, 2.45) is 33.5 Å². The Hall–Kier alpha value is -2.10. The number of allylic oxidation sites excluding steroid dienone is 7. The fraction of sp³-hybridized carbons (Fsp3) is 0.643. The fourth-order valence-electron chi connectivity index (χ4n) is 8.24. The third-order valence-electron chi connectivity index (χ3n) is 10.6. The lowest BCUT2D eigenvalue weighted by atomic mass is 9.39. The van der Waals surface area contributed by atoms with E-state index in [1.807, 2.05) is 13.8 Å². The molecule has 32 heavy (non-hydrogen) atoms. The van der Waals surface area contributed by atoms with Crippen molar-refractivity contribution in [1.29, 1.82) is 0 Å². The second-order valence-corrected chi connectivity index (χ2v) is 12.3. The number of fused-ring (bicyclic) bond motifs is 7. The molecule has 3 fully saturated rings.